The first kappa shape index (κ1) is 40.4. The highest BCUT2D eigenvalue weighted by Crippen LogP contribution is 2.48. The summed E-state index contributed by atoms with van der Waals surface area (Å²) in [5.41, 5.74) is 13.0. The van der Waals surface area contributed by atoms with Crippen LogP contribution in [0.2, 0.25) is 0 Å². The fourth-order valence-electron chi connectivity index (χ4n) is 8.84. The molecule has 0 saturated carbocycles. The van der Waals surface area contributed by atoms with Crippen LogP contribution in [0.1, 0.15) is 122 Å². The molecule has 294 valence electrons. The maximum atomic E-state index is 14.5. The van der Waals surface area contributed by atoms with Crippen LogP contribution in [0.15, 0.2) is 131 Å². The van der Waals surface area contributed by atoms with Crippen molar-refractivity contribution in [1.29, 1.82) is 0 Å². The number of nitrogens with zero attached hydrogens (tertiary/aromatic N) is 2. The number of halogens is 2. The van der Waals surface area contributed by atoms with Gasteiger partial charge in [0.1, 0.15) is 23.9 Å². The second-order valence-corrected chi connectivity index (χ2v) is 16.2. The monoisotopic (exact) mass is 747 g/mol. The minimum absolute atomic E-state index is 0.177. The van der Waals surface area contributed by atoms with E-state index in [4.69, 9.17) is 4.74 Å². The van der Waals surface area contributed by atoms with E-state index in [1.807, 2.05) is 0 Å². The molecule has 1 aromatic rings. The quantitative estimate of drug-likeness (QED) is 0.0770. The maximum Gasteiger partial charge on any atom is 0.131 e. The molecule has 6 rings (SSSR count). The summed E-state index contributed by atoms with van der Waals surface area (Å²) in [5, 5.41) is 3.31. The predicted molar refractivity (Wildman–Crippen MR) is 223 cm³/mol. The highest BCUT2D eigenvalue weighted by molar-refractivity contribution is 5.63. The van der Waals surface area contributed by atoms with Gasteiger partial charge >= 0.3 is 0 Å². The molecular weight excluding hydrogens is 685 g/mol. The molecule has 2 aliphatic carbocycles. The van der Waals surface area contributed by atoms with E-state index in [0.29, 0.717) is 30.0 Å². The van der Waals surface area contributed by atoms with Crippen molar-refractivity contribution in [3.8, 4) is 0 Å². The Balaban J connectivity index is 1.08. The number of piperazine rings is 1. The Bertz CT molecular complexity index is 1820. The first-order valence-corrected chi connectivity index (χ1v) is 21.1. The van der Waals surface area contributed by atoms with Gasteiger partial charge in [-0.25, -0.2) is 8.78 Å². The lowest BCUT2D eigenvalue weighted by atomic mass is 9.80. The number of benzene rings is 1. The van der Waals surface area contributed by atoms with Gasteiger partial charge in [-0.15, -0.1) is 0 Å². The summed E-state index contributed by atoms with van der Waals surface area (Å²) < 4.78 is 34.4. The third-order valence-corrected chi connectivity index (χ3v) is 12.1. The number of nitrogens with one attached hydrogen (secondary N) is 1. The first-order valence-electron chi connectivity index (χ1n) is 21.1. The van der Waals surface area contributed by atoms with Gasteiger partial charge in [-0.05, 0) is 61.0 Å². The number of hydrogen-bond donors (Lipinski definition) is 1. The van der Waals surface area contributed by atoms with Gasteiger partial charge in [0.05, 0.1) is 11.5 Å². The third-order valence-electron chi connectivity index (χ3n) is 12.1. The van der Waals surface area contributed by atoms with Crippen molar-refractivity contribution in [2.45, 2.75) is 135 Å². The Kier molecular flexibility index (Phi) is 14.3. The van der Waals surface area contributed by atoms with E-state index >= 15 is 0 Å². The molecule has 2 saturated heterocycles. The lowest BCUT2D eigenvalue weighted by Gasteiger charge is -2.47. The maximum absolute atomic E-state index is 14.5. The van der Waals surface area contributed by atoms with Gasteiger partial charge in [-0.2, -0.15) is 0 Å². The molecule has 3 atom stereocenters. The minimum atomic E-state index is -0.584. The van der Waals surface area contributed by atoms with Crippen LogP contribution in [0.3, 0.4) is 0 Å². The van der Waals surface area contributed by atoms with Gasteiger partial charge in [0.2, 0.25) is 0 Å². The summed E-state index contributed by atoms with van der Waals surface area (Å²) in [7, 11) is 0. The molecule has 55 heavy (non-hydrogen) atoms. The zero-order valence-corrected chi connectivity index (χ0v) is 33.5. The van der Waals surface area contributed by atoms with Gasteiger partial charge in [0.25, 0.3) is 0 Å². The number of ether oxygens (including phenoxy) is 1. The van der Waals surface area contributed by atoms with E-state index < -0.39 is 11.6 Å². The van der Waals surface area contributed by atoms with Crippen LogP contribution in [0.4, 0.5) is 8.78 Å². The number of rotatable bonds is 21. The van der Waals surface area contributed by atoms with E-state index in [-0.39, 0.29) is 12.5 Å². The summed E-state index contributed by atoms with van der Waals surface area (Å²) in [6, 6.07) is 4.53. The van der Waals surface area contributed by atoms with E-state index in [1.54, 1.807) is 0 Å². The molecule has 2 fully saturated rings. The summed E-state index contributed by atoms with van der Waals surface area (Å²) in [6.07, 6.45) is 32.4. The molecule has 6 heteroatoms. The van der Waals surface area contributed by atoms with Crippen molar-refractivity contribution in [3.05, 3.63) is 148 Å². The molecule has 0 bridgehead atoms. The zero-order chi connectivity index (χ0) is 38.7. The fraction of sp³-hybridized carbons (Fsp3) is 0.490. The molecular formula is C49H63F2N3O. The summed E-state index contributed by atoms with van der Waals surface area (Å²) in [6.45, 7) is 19.5. The van der Waals surface area contributed by atoms with Crippen molar-refractivity contribution in [3.63, 3.8) is 0 Å². The molecule has 3 heterocycles. The van der Waals surface area contributed by atoms with Crippen molar-refractivity contribution in [2.24, 2.45) is 5.92 Å². The summed E-state index contributed by atoms with van der Waals surface area (Å²) in [5.74, 6) is -0.0954. The number of allylic oxidation sites excluding steroid dienone is 8. The molecule has 0 spiro atoms. The molecule has 3 aliphatic heterocycles. The lowest BCUT2D eigenvalue weighted by Crippen LogP contribution is -2.49. The van der Waals surface area contributed by atoms with Crippen LogP contribution in [0.25, 0.3) is 0 Å². The van der Waals surface area contributed by atoms with Crippen molar-refractivity contribution in [1.82, 2.24) is 15.1 Å². The van der Waals surface area contributed by atoms with Gasteiger partial charge < -0.3 is 19.9 Å². The average molecular weight is 748 g/mol. The van der Waals surface area contributed by atoms with Crippen LogP contribution >= 0.6 is 0 Å². The highest BCUT2D eigenvalue weighted by Gasteiger charge is 2.44. The zero-order valence-electron chi connectivity index (χ0n) is 33.5. The van der Waals surface area contributed by atoms with Gasteiger partial charge in [0.15, 0.2) is 0 Å². The van der Waals surface area contributed by atoms with Gasteiger partial charge in [-0.3, -0.25) is 0 Å². The van der Waals surface area contributed by atoms with E-state index in [9.17, 15) is 8.78 Å². The van der Waals surface area contributed by atoms with Gasteiger partial charge in [-0.1, -0.05) is 133 Å². The largest absolute Gasteiger partial charge is 0.494 e. The Labute approximate surface area is 330 Å². The second kappa shape index (κ2) is 19.5. The topological polar surface area (TPSA) is 27.7 Å². The second-order valence-electron chi connectivity index (χ2n) is 16.2. The number of unbranched alkanes of at least 4 members (excludes halogenated alkanes) is 10. The Morgan fingerprint density at radius 1 is 0.964 bits per heavy atom. The van der Waals surface area contributed by atoms with Crippen molar-refractivity contribution >= 4 is 0 Å². The number of fused-ring (bicyclic) bond motifs is 2. The van der Waals surface area contributed by atoms with E-state index in [1.165, 1.54) is 104 Å². The Morgan fingerprint density at radius 2 is 1.71 bits per heavy atom. The highest BCUT2D eigenvalue weighted by atomic mass is 19.1. The molecule has 0 aromatic heterocycles. The smallest absolute Gasteiger partial charge is 0.131 e. The summed E-state index contributed by atoms with van der Waals surface area (Å²) >= 11 is 0. The normalized spacial score (nSPS) is 21.4. The van der Waals surface area contributed by atoms with Crippen LogP contribution < -0.4 is 5.32 Å². The van der Waals surface area contributed by atoms with Gasteiger partial charge in [0, 0.05) is 73.0 Å². The van der Waals surface area contributed by atoms with Crippen molar-refractivity contribution in [2.75, 3.05) is 13.2 Å². The molecule has 5 aliphatic rings. The SMILES string of the molecule is C=C(CCCCCCCCCCCCC)OCC1=CC=CC=CC1CC1=C=C2C3=C(C1)C(=C)C(C(=C)NCc1ccc(F)cc1F)=CN3CC1CCC(C)N21. The summed E-state index contributed by atoms with van der Waals surface area (Å²) in [4.78, 5) is 4.98. The number of hydrogen-bond acceptors (Lipinski definition) is 4. The molecule has 1 N–H and O–H groups in total. The standard InChI is InChI=1S/C49H63F2N3O/c1-6-7-8-9-10-11-12-13-14-15-17-20-36(3)55-34-42-22-19-16-18-21-40(42)27-39-28-45-37(4)46(38(5)52-31-41-24-25-43(50)30-47(41)51)33-53-32-44-26-23-35(2)54(44)48(29-39)49(45)53/h16,18-19,21-22,24-25,30,33,35,40,44,52H,3-15,17,20,23,26-28,31-32,34H2,1-2H3. The minimum Gasteiger partial charge on any atom is -0.494 e. The first-order chi connectivity index (χ1) is 26.7. The van der Waals surface area contributed by atoms with Crippen LogP contribution in [-0.2, 0) is 11.3 Å². The molecule has 1 aromatic carbocycles. The third kappa shape index (κ3) is 10.3. The van der Waals surface area contributed by atoms with Crippen LogP contribution in [0, 0.1) is 17.6 Å². The molecule has 0 amide bonds. The van der Waals surface area contributed by atoms with Crippen LogP contribution in [0.5, 0.6) is 0 Å². The van der Waals surface area contributed by atoms with E-state index in [0.717, 1.165) is 68.0 Å². The Hall–Kier alpha value is -4.28. The fourth-order valence-corrected chi connectivity index (χ4v) is 8.84. The molecule has 3 unspecified atom stereocenters. The van der Waals surface area contributed by atoms with Crippen molar-refractivity contribution < 1.29 is 13.5 Å². The lowest BCUT2D eigenvalue weighted by molar-refractivity contribution is 0.185. The van der Waals surface area contributed by atoms with Crippen LogP contribution in [-0.4, -0.2) is 35.0 Å². The molecule has 0 radical (unpaired) electrons. The average Bonchev–Trinajstić information content (AvgIpc) is 3.40. The Morgan fingerprint density at radius 3 is 2.45 bits per heavy atom. The van der Waals surface area contributed by atoms with E-state index in [2.05, 4.69) is 91.0 Å². The molecule has 4 nitrogen and oxygen atoms in total. The predicted octanol–water partition coefficient (Wildman–Crippen LogP) is 12.5.